The first-order valence-electron chi connectivity index (χ1n) is 6.90. The van der Waals surface area contributed by atoms with E-state index >= 15 is 0 Å². The summed E-state index contributed by atoms with van der Waals surface area (Å²) in [6.45, 7) is 9.31. The van der Waals surface area contributed by atoms with E-state index in [0.29, 0.717) is 6.54 Å². The van der Waals surface area contributed by atoms with E-state index in [9.17, 15) is 5.11 Å². The number of benzene rings is 1. The van der Waals surface area contributed by atoms with Gasteiger partial charge in [-0.3, -0.25) is 0 Å². The van der Waals surface area contributed by atoms with Crippen LogP contribution in [0.15, 0.2) is 36.9 Å². The lowest BCUT2D eigenvalue weighted by Crippen LogP contribution is -2.39. The highest BCUT2D eigenvalue weighted by Gasteiger charge is 2.35. The Morgan fingerprint density at radius 2 is 1.85 bits per heavy atom. The van der Waals surface area contributed by atoms with Crippen molar-refractivity contribution in [2.24, 2.45) is 0 Å². The van der Waals surface area contributed by atoms with E-state index in [1.165, 1.54) is 11.9 Å². The maximum atomic E-state index is 11.2. The first-order chi connectivity index (χ1) is 9.28. The van der Waals surface area contributed by atoms with Crippen LogP contribution in [0.25, 0.3) is 0 Å². The van der Waals surface area contributed by atoms with Gasteiger partial charge in [0.25, 0.3) is 0 Å². The Labute approximate surface area is 121 Å². The maximum Gasteiger partial charge on any atom is 0.137 e. The molecule has 0 spiro atoms. The van der Waals surface area contributed by atoms with Gasteiger partial charge in [-0.1, -0.05) is 49.5 Å². The van der Waals surface area contributed by atoms with Crippen molar-refractivity contribution in [2.75, 3.05) is 0 Å². The van der Waals surface area contributed by atoms with E-state index in [4.69, 9.17) is 0 Å². The Bertz CT molecular complexity index is 545. The summed E-state index contributed by atoms with van der Waals surface area (Å²) in [5.74, 6) is 0. The summed E-state index contributed by atoms with van der Waals surface area (Å²) in [6.07, 6.45) is 3.16. The third-order valence-corrected chi connectivity index (χ3v) is 4.95. The summed E-state index contributed by atoms with van der Waals surface area (Å²) >= 11 is 0. The van der Waals surface area contributed by atoms with Crippen LogP contribution in [-0.4, -0.2) is 27.9 Å². The highest BCUT2D eigenvalue weighted by molar-refractivity contribution is 6.76. The number of aromatic nitrogens is 3. The zero-order valence-corrected chi connectivity index (χ0v) is 13.7. The summed E-state index contributed by atoms with van der Waals surface area (Å²) in [5.41, 5.74) is 1.28. The van der Waals surface area contributed by atoms with Gasteiger partial charge in [0.1, 0.15) is 18.3 Å². The van der Waals surface area contributed by atoms with Crippen LogP contribution in [0.2, 0.25) is 25.7 Å². The molecular weight excluding hydrogens is 266 g/mol. The monoisotopic (exact) mass is 289 g/mol. The minimum atomic E-state index is -1.43. The largest absolute Gasteiger partial charge is 0.384 e. The molecule has 0 aliphatic carbocycles. The summed E-state index contributed by atoms with van der Waals surface area (Å²) in [6, 6.07) is 8.93. The van der Waals surface area contributed by atoms with E-state index in [1.54, 1.807) is 11.0 Å². The standard InChI is InChI=1S/C15H23N3OSi/c1-13-5-7-14(8-6-13)15(19,10-20(2,3)4)9-18-12-16-11-17-18/h5-8,11-12,19H,9-10H2,1-4H3. The molecule has 1 unspecified atom stereocenters. The maximum absolute atomic E-state index is 11.2. The predicted molar refractivity (Wildman–Crippen MR) is 83.3 cm³/mol. The third-order valence-electron chi connectivity index (χ3n) is 3.30. The molecule has 0 radical (unpaired) electrons. The van der Waals surface area contributed by atoms with Crippen molar-refractivity contribution in [3.05, 3.63) is 48.0 Å². The lowest BCUT2D eigenvalue weighted by molar-refractivity contribution is 0.0332. The van der Waals surface area contributed by atoms with Crippen LogP contribution in [0.3, 0.4) is 0 Å². The van der Waals surface area contributed by atoms with Gasteiger partial charge in [0, 0.05) is 8.07 Å². The second kappa shape index (κ2) is 5.50. The second-order valence-electron chi connectivity index (χ2n) is 6.73. The van der Waals surface area contributed by atoms with Crippen LogP contribution in [0, 0.1) is 6.92 Å². The van der Waals surface area contributed by atoms with Crippen molar-refractivity contribution in [2.45, 2.75) is 44.8 Å². The van der Waals surface area contributed by atoms with Gasteiger partial charge in [0.2, 0.25) is 0 Å². The Morgan fingerprint density at radius 1 is 1.20 bits per heavy atom. The topological polar surface area (TPSA) is 50.9 Å². The van der Waals surface area contributed by atoms with Gasteiger partial charge in [-0.25, -0.2) is 9.67 Å². The SMILES string of the molecule is Cc1ccc(C(O)(Cn2cncn2)C[Si](C)(C)C)cc1. The fourth-order valence-electron chi connectivity index (χ4n) is 2.57. The Morgan fingerprint density at radius 3 is 2.35 bits per heavy atom. The van der Waals surface area contributed by atoms with Gasteiger partial charge in [-0.15, -0.1) is 0 Å². The number of hydrogen-bond donors (Lipinski definition) is 1. The molecule has 1 aromatic heterocycles. The van der Waals surface area contributed by atoms with Crippen LogP contribution in [0.1, 0.15) is 11.1 Å². The van der Waals surface area contributed by atoms with Crippen molar-refractivity contribution in [1.29, 1.82) is 0 Å². The molecule has 0 fully saturated rings. The molecule has 108 valence electrons. The second-order valence-corrected chi connectivity index (χ2v) is 12.2. The summed E-state index contributed by atoms with van der Waals surface area (Å²) in [5, 5.41) is 15.4. The Balaban J connectivity index is 2.34. The molecule has 4 nitrogen and oxygen atoms in total. The van der Waals surface area contributed by atoms with Crippen LogP contribution in [0.5, 0.6) is 0 Å². The zero-order chi connectivity index (χ0) is 14.8. The van der Waals surface area contributed by atoms with Crippen LogP contribution >= 0.6 is 0 Å². The first kappa shape index (κ1) is 14.9. The van der Waals surface area contributed by atoms with Gasteiger partial charge >= 0.3 is 0 Å². The third kappa shape index (κ3) is 3.77. The molecule has 5 heteroatoms. The van der Waals surface area contributed by atoms with E-state index in [-0.39, 0.29) is 0 Å². The summed E-state index contributed by atoms with van der Waals surface area (Å²) in [7, 11) is -1.43. The molecule has 0 saturated carbocycles. The number of rotatable bonds is 5. The lowest BCUT2D eigenvalue weighted by Gasteiger charge is -2.34. The molecule has 0 saturated heterocycles. The molecule has 0 aliphatic heterocycles. The Hall–Kier alpha value is -1.46. The van der Waals surface area contributed by atoms with E-state index < -0.39 is 13.7 Å². The van der Waals surface area contributed by atoms with Gasteiger partial charge < -0.3 is 5.11 Å². The average molecular weight is 289 g/mol. The zero-order valence-electron chi connectivity index (χ0n) is 12.7. The minimum absolute atomic E-state index is 0.445. The van der Waals surface area contributed by atoms with Gasteiger partial charge in [-0.05, 0) is 18.5 Å². The highest BCUT2D eigenvalue weighted by atomic mass is 28.3. The highest BCUT2D eigenvalue weighted by Crippen LogP contribution is 2.32. The van der Waals surface area contributed by atoms with E-state index in [0.717, 1.165) is 11.6 Å². The molecule has 1 aromatic carbocycles. The van der Waals surface area contributed by atoms with Crippen LogP contribution in [-0.2, 0) is 12.1 Å². The van der Waals surface area contributed by atoms with Gasteiger partial charge in [0.05, 0.1) is 6.54 Å². The normalized spacial score (nSPS) is 15.1. The van der Waals surface area contributed by atoms with E-state index in [1.807, 2.05) is 24.3 Å². The van der Waals surface area contributed by atoms with Crippen LogP contribution < -0.4 is 0 Å². The number of aliphatic hydroxyl groups is 1. The number of nitrogens with zero attached hydrogens (tertiary/aromatic N) is 3. The first-order valence-corrected chi connectivity index (χ1v) is 10.6. The van der Waals surface area contributed by atoms with Crippen molar-refractivity contribution < 1.29 is 5.11 Å². The number of aryl methyl sites for hydroxylation is 1. The molecular formula is C15H23N3OSi. The fraction of sp³-hybridized carbons (Fsp3) is 0.467. The van der Waals surface area contributed by atoms with Crippen LogP contribution in [0.4, 0.5) is 0 Å². The quantitative estimate of drug-likeness (QED) is 0.861. The average Bonchev–Trinajstić information content (AvgIpc) is 2.79. The summed E-state index contributed by atoms with van der Waals surface area (Å²) in [4.78, 5) is 3.96. The molecule has 1 heterocycles. The molecule has 1 atom stereocenters. The van der Waals surface area contributed by atoms with Crippen molar-refractivity contribution in [3.63, 3.8) is 0 Å². The number of hydrogen-bond acceptors (Lipinski definition) is 3. The summed E-state index contributed by atoms with van der Waals surface area (Å²) < 4.78 is 1.71. The van der Waals surface area contributed by atoms with Crippen molar-refractivity contribution in [1.82, 2.24) is 14.8 Å². The molecule has 2 rings (SSSR count). The molecule has 0 bridgehead atoms. The van der Waals surface area contributed by atoms with Crippen molar-refractivity contribution >= 4 is 8.07 Å². The van der Waals surface area contributed by atoms with E-state index in [2.05, 4.69) is 36.6 Å². The minimum Gasteiger partial charge on any atom is -0.384 e. The smallest absolute Gasteiger partial charge is 0.137 e. The van der Waals surface area contributed by atoms with Gasteiger partial charge in [-0.2, -0.15) is 5.10 Å². The molecule has 20 heavy (non-hydrogen) atoms. The Kier molecular flexibility index (Phi) is 4.11. The molecule has 0 aliphatic rings. The molecule has 0 amide bonds. The predicted octanol–water partition coefficient (Wildman–Crippen LogP) is 2.81. The molecule has 2 aromatic rings. The van der Waals surface area contributed by atoms with Crippen molar-refractivity contribution in [3.8, 4) is 0 Å². The molecule has 1 N–H and O–H groups in total. The fourth-order valence-corrected chi connectivity index (χ4v) is 4.64. The lowest BCUT2D eigenvalue weighted by atomic mass is 9.95. The van der Waals surface area contributed by atoms with Gasteiger partial charge in [0.15, 0.2) is 0 Å².